The molecule has 0 aromatic heterocycles. The second-order valence-corrected chi connectivity index (χ2v) is 9.11. The van der Waals surface area contributed by atoms with Gasteiger partial charge in [0.05, 0.1) is 0 Å². The Morgan fingerprint density at radius 1 is 1.07 bits per heavy atom. The van der Waals surface area contributed by atoms with Gasteiger partial charge in [-0.25, -0.2) is 10.0 Å². The monoisotopic (exact) mass is 274 g/mol. The van der Waals surface area contributed by atoms with Crippen LogP contribution in [0.3, 0.4) is 0 Å². The summed E-state index contributed by atoms with van der Waals surface area (Å²) in [6, 6.07) is 8.96. The van der Waals surface area contributed by atoms with Gasteiger partial charge >= 0.3 is 0 Å². The summed E-state index contributed by atoms with van der Waals surface area (Å²) < 4.78 is 0. The fourth-order valence-electron chi connectivity index (χ4n) is 1.28. The molecule has 2 heteroatoms. The van der Waals surface area contributed by atoms with Crippen molar-refractivity contribution in [1.82, 2.24) is 0 Å². The summed E-state index contributed by atoms with van der Waals surface area (Å²) in [6.07, 6.45) is 4.82. The van der Waals surface area contributed by atoms with E-state index < -0.39 is 10.0 Å². The zero-order chi connectivity index (χ0) is 10.6. The quantitative estimate of drug-likeness (QED) is 0.724. The van der Waals surface area contributed by atoms with E-state index in [0.29, 0.717) is 0 Å². The molecule has 0 heterocycles. The average molecular weight is 275 g/mol. The van der Waals surface area contributed by atoms with Crippen molar-refractivity contribution in [2.24, 2.45) is 0 Å². The molecule has 0 atom stereocenters. The summed E-state index contributed by atoms with van der Waals surface area (Å²) in [6.45, 7) is 2.29. The van der Waals surface area contributed by atoms with E-state index in [-0.39, 0.29) is 0 Å². The van der Waals surface area contributed by atoms with E-state index in [1.54, 1.807) is 0 Å². The lowest BCUT2D eigenvalue weighted by Crippen LogP contribution is -2.01. The maximum Gasteiger partial charge on any atom is 0.0283 e. The third-order valence-corrected chi connectivity index (χ3v) is 5.84. The number of halogens is 1. The van der Waals surface area contributed by atoms with E-state index in [2.05, 4.69) is 59.6 Å². The van der Waals surface area contributed by atoms with Crippen LogP contribution in [0.1, 0.15) is 18.1 Å². The van der Waals surface area contributed by atoms with Crippen molar-refractivity contribution in [1.29, 1.82) is 0 Å². The van der Waals surface area contributed by atoms with E-state index in [1.165, 1.54) is 22.6 Å². The van der Waals surface area contributed by atoms with Gasteiger partial charge in [0.25, 0.3) is 0 Å². The van der Waals surface area contributed by atoms with Gasteiger partial charge in [-0.1, -0.05) is 47.1 Å². The largest absolute Gasteiger partial charge is 0.243 e. The molecule has 1 rings (SSSR count). The van der Waals surface area contributed by atoms with E-state index in [0.717, 1.165) is 5.33 Å². The van der Waals surface area contributed by atoms with Crippen molar-refractivity contribution in [3.8, 4) is 0 Å². The number of alkyl halides is 1. The van der Waals surface area contributed by atoms with E-state index in [4.69, 9.17) is 0 Å². The lowest BCUT2D eigenvalue weighted by atomic mass is 10.2. The molecule has 0 saturated heterocycles. The molecule has 0 fully saturated rings. The minimum absolute atomic E-state index is 0.404. The number of hydrogen-bond acceptors (Lipinski definition) is 0. The zero-order valence-corrected chi connectivity index (χ0v) is 11.6. The maximum absolute atomic E-state index is 3.46. The Balaban J connectivity index is 2.69. The molecule has 80 valence electrons. The molecule has 0 spiro atoms. The van der Waals surface area contributed by atoms with Crippen LogP contribution >= 0.6 is 26.0 Å². The van der Waals surface area contributed by atoms with E-state index in [9.17, 15) is 0 Å². The molecular formula is C12H19BrS. The first-order valence-electron chi connectivity index (χ1n) is 4.90. The SMILES string of the molecule is CCS(C)(C)Cc1ccc(CBr)cc1. The highest BCUT2D eigenvalue weighted by molar-refractivity contribution is 9.08. The van der Waals surface area contributed by atoms with Crippen molar-refractivity contribution in [2.45, 2.75) is 18.0 Å². The molecule has 0 radical (unpaired) electrons. The van der Waals surface area contributed by atoms with Gasteiger partial charge in [-0.05, 0) is 29.4 Å². The van der Waals surface area contributed by atoms with Gasteiger partial charge < -0.3 is 0 Å². The maximum atomic E-state index is 3.46. The second-order valence-electron chi connectivity index (χ2n) is 4.15. The number of rotatable bonds is 4. The Morgan fingerprint density at radius 2 is 1.57 bits per heavy atom. The van der Waals surface area contributed by atoms with Gasteiger partial charge in [-0.2, -0.15) is 0 Å². The molecule has 0 aliphatic rings. The first-order chi connectivity index (χ1) is 6.57. The molecule has 0 N–H and O–H groups in total. The van der Waals surface area contributed by atoms with Crippen LogP contribution in [0.5, 0.6) is 0 Å². The molecule has 0 amide bonds. The van der Waals surface area contributed by atoms with Crippen LogP contribution in [0.15, 0.2) is 24.3 Å². The topological polar surface area (TPSA) is 0 Å². The summed E-state index contributed by atoms with van der Waals surface area (Å²) in [4.78, 5) is 0. The predicted molar refractivity (Wildman–Crippen MR) is 72.8 cm³/mol. The van der Waals surface area contributed by atoms with Crippen LogP contribution in [0, 0.1) is 0 Å². The van der Waals surface area contributed by atoms with Gasteiger partial charge in [0.15, 0.2) is 0 Å². The summed E-state index contributed by atoms with van der Waals surface area (Å²) >= 11 is 3.46. The number of benzene rings is 1. The zero-order valence-electron chi connectivity index (χ0n) is 9.22. The lowest BCUT2D eigenvalue weighted by molar-refractivity contribution is 1.32. The standard InChI is InChI=1S/C12H19BrS/c1-4-14(2,3)10-12-7-5-11(9-13)6-8-12/h5-8H,4,9-10H2,1-3H3. The van der Waals surface area contributed by atoms with Crippen molar-refractivity contribution < 1.29 is 0 Å². The van der Waals surface area contributed by atoms with Crippen LogP contribution < -0.4 is 0 Å². The minimum Gasteiger partial charge on any atom is -0.243 e. The first-order valence-corrected chi connectivity index (χ1v) is 8.81. The Kier molecular flexibility index (Phi) is 4.52. The molecule has 0 bridgehead atoms. The third-order valence-electron chi connectivity index (χ3n) is 2.52. The van der Waals surface area contributed by atoms with Crippen LogP contribution in [0.25, 0.3) is 0 Å². The number of hydrogen-bond donors (Lipinski definition) is 0. The van der Waals surface area contributed by atoms with Crippen LogP contribution in [0.2, 0.25) is 0 Å². The summed E-state index contributed by atoms with van der Waals surface area (Å²) in [7, 11) is -0.404. The van der Waals surface area contributed by atoms with Crippen LogP contribution in [-0.4, -0.2) is 18.3 Å². The lowest BCUT2D eigenvalue weighted by Gasteiger charge is -2.29. The van der Waals surface area contributed by atoms with E-state index in [1.807, 2.05) is 0 Å². The molecule has 1 aromatic rings. The van der Waals surface area contributed by atoms with Crippen LogP contribution in [-0.2, 0) is 11.1 Å². The fraction of sp³-hybridized carbons (Fsp3) is 0.500. The summed E-state index contributed by atoms with van der Waals surface area (Å²) in [5.41, 5.74) is 2.84. The van der Waals surface area contributed by atoms with Crippen molar-refractivity contribution in [2.75, 3.05) is 18.3 Å². The molecule has 14 heavy (non-hydrogen) atoms. The molecule has 1 aromatic carbocycles. The Bertz CT molecular complexity index is 277. The first kappa shape index (κ1) is 12.1. The highest BCUT2D eigenvalue weighted by Gasteiger charge is 2.09. The van der Waals surface area contributed by atoms with Crippen molar-refractivity contribution in [3.05, 3.63) is 35.4 Å². The Hall–Kier alpha value is 0.0500. The van der Waals surface area contributed by atoms with Crippen LogP contribution in [0.4, 0.5) is 0 Å². The normalized spacial score (nSPS) is 12.9. The predicted octanol–water partition coefficient (Wildman–Crippen LogP) is 4.17. The molecule has 0 nitrogen and oxygen atoms in total. The van der Waals surface area contributed by atoms with Gasteiger partial charge in [0.2, 0.25) is 0 Å². The highest BCUT2D eigenvalue weighted by atomic mass is 79.9. The molecule has 0 saturated carbocycles. The van der Waals surface area contributed by atoms with E-state index >= 15 is 0 Å². The van der Waals surface area contributed by atoms with Gasteiger partial charge in [-0.15, -0.1) is 0 Å². The Labute approximate surface area is 97.5 Å². The fourth-order valence-corrected chi connectivity index (χ4v) is 2.95. The molecule has 0 aliphatic carbocycles. The second kappa shape index (κ2) is 5.22. The van der Waals surface area contributed by atoms with Gasteiger partial charge in [0, 0.05) is 11.1 Å². The smallest absolute Gasteiger partial charge is 0.0283 e. The average Bonchev–Trinajstić information content (AvgIpc) is 2.19. The molecule has 0 unspecified atom stereocenters. The molecule has 0 aliphatic heterocycles. The minimum atomic E-state index is -0.404. The van der Waals surface area contributed by atoms with Crippen molar-refractivity contribution >= 4 is 26.0 Å². The molecular weight excluding hydrogens is 256 g/mol. The third kappa shape index (κ3) is 3.66. The Morgan fingerprint density at radius 3 is 2.00 bits per heavy atom. The van der Waals surface area contributed by atoms with Gasteiger partial charge in [-0.3, -0.25) is 0 Å². The van der Waals surface area contributed by atoms with Crippen molar-refractivity contribution in [3.63, 3.8) is 0 Å². The highest BCUT2D eigenvalue weighted by Crippen LogP contribution is 2.42. The van der Waals surface area contributed by atoms with Gasteiger partial charge in [0.1, 0.15) is 0 Å². The summed E-state index contributed by atoms with van der Waals surface area (Å²) in [5.74, 6) is 2.57. The summed E-state index contributed by atoms with van der Waals surface area (Å²) in [5, 5.41) is 0.956.